The first-order valence-electron chi connectivity index (χ1n) is 3.94. The van der Waals surface area contributed by atoms with Crippen LogP contribution in [0.4, 0.5) is 0 Å². The second-order valence-electron chi connectivity index (χ2n) is 3.16. The Morgan fingerprint density at radius 1 is 1.19 bits per heavy atom. The summed E-state index contributed by atoms with van der Waals surface area (Å²) in [5, 5.41) is 30.9. The van der Waals surface area contributed by atoms with Gasteiger partial charge in [-0.2, -0.15) is 0 Å². The molecule has 2 unspecified atom stereocenters. The summed E-state index contributed by atoms with van der Waals surface area (Å²) in [5.41, 5.74) is -1.10. The molecule has 1 fully saturated rings. The molecule has 1 heterocycles. The fraction of sp³-hybridized carbons (Fsp3) is 0.333. The topological polar surface area (TPSA) is 129 Å². The summed E-state index contributed by atoms with van der Waals surface area (Å²) in [4.78, 5) is 27.6. The van der Waals surface area contributed by atoms with E-state index in [1.54, 1.807) is 0 Å². The monoisotopic (exact) mass is 245 g/mol. The first-order valence-corrected chi connectivity index (χ1v) is 4.82. The van der Waals surface area contributed by atoms with E-state index in [1.807, 2.05) is 0 Å². The zero-order chi connectivity index (χ0) is 12.1. The normalized spacial score (nSPS) is 30.9. The van der Waals surface area contributed by atoms with Crippen molar-refractivity contribution in [1.82, 2.24) is 0 Å². The molecule has 2 aliphatic rings. The van der Waals surface area contributed by atoms with Crippen LogP contribution < -0.4 is 0 Å². The molecule has 0 bridgehead atoms. The average Bonchev–Trinajstić information content (AvgIpc) is 2.90. The Labute approximate surface area is 91.3 Å². The van der Waals surface area contributed by atoms with Crippen LogP contribution in [0.3, 0.4) is 0 Å². The summed E-state index contributed by atoms with van der Waals surface area (Å²) in [5.74, 6) is 0. The number of thioether (sulfide) groups is 1. The van der Waals surface area contributed by atoms with Crippen molar-refractivity contribution in [3.8, 4) is 0 Å². The van der Waals surface area contributed by atoms with Crippen molar-refractivity contribution < 1.29 is 14.8 Å². The standard InChI is InChI=1S/C6H3N3O6S/c10-7(11)3-1-4(8(12)13)5-6(2-3,16-5)9(14)15/h1-2,5H. The van der Waals surface area contributed by atoms with Gasteiger partial charge in [-0.15, -0.1) is 0 Å². The summed E-state index contributed by atoms with van der Waals surface area (Å²) in [6.07, 6.45) is 1.63. The Bertz CT molecular complexity index is 485. The molecule has 0 spiro atoms. The summed E-state index contributed by atoms with van der Waals surface area (Å²) in [7, 11) is 0. The summed E-state index contributed by atoms with van der Waals surface area (Å²) >= 11 is 0.722. The van der Waals surface area contributed by atoms with E-state index in [4.69, 9.17) is 0 Å². The van der Waals surface area contributed by atoms with Crippen LogP contribution in [0.2, 0.25) is 0 Å². The number of fused-ring (bicyclic) bond motifs is 1. The molecule has 2 atom stereocenters. The highest BCUT2D eigenvalue weighted by molar-refractivity contribution is 8.08. The molecule has 2 rings (SSSR count). The molecular weight excluding hydrogens is 242 g/mol. The molecule has 0 aromatic carbocycles. The van der Waals surface area contributed by atoms with Gasteiger partial charge in [-0.25, -0.2) is 0 Å². The van der Waals surface area contributed by atoms with E-state index in [9.17, 15) is 30.3 Å². The highest BCUT2D eigenvalue weighted by Gasteiger charge is 2.74. The summed E-state index contributed by atoms with van der Waals surface area (Å²) in [6.45, 7) is 0. The average molecular weight is 245 g/mol. The van der Waals surface area contributed by atoms with Crippen LogP contribution in [0.25, 0.3) is 0 Å². The van der Waals surface area contributed by atoms with E-state index < -0.39 is 36.3 Å². The van der Waals surface area contributed by atoms with Crippen molar-refractivity contribution >= 4 is 11.8 Å². The van der Waals surface area contributed by atoms with Gasteiger partial charge in [-0.1, -0.05) is 0 Å². The quantitative estimate of drug-likeness (QED) is 0.399. The molecule has 0 N–H and O–H groups in total. The van der Waals surface area contributed by atoms with E-state index in [0.717, 1.165) is 23.9 Å². The van der Waals surface area contributed by atoms with Gasteiger partial charge in [0.25, 0.3) is 11.4 Å². The van der Waals surface area contributed by atoms with Crippen LogP contribution in [-0.4, -0.2) is 24.9 Å². The smallest absolute Gasteiger partial charge is 0.263 e. The van der Waals surface area contributed by atoms with Crippen molar-refractivity contribution in [3.05, 3.63) is 53.9 Å². The van der Waals surface area contributed by atoms with E-state index in [0.29, 0.717) is 0 Å². The third-order valence-electron chi connectivity index (χ3n) is 2.25. The molecule has 16 heavy (non-hydrogen) atoms. The Morgan fingerprint density at radius 3 is 2.25 bits per heavy atom. The molecule has 84 valence electrons. The molecular formula is C6H3N3O6S. The molecule has 0 saturated carbocycles. The molecule has 0 aromatic rings. The second kappa shape index (κ2) is 3.01. The Morgan fingerprint density at radius 2 is 1.81 bits per heavy atom. The zero-order valence-electron chi connectivity index (χ0n) is 7.43. The molecule has 1 aliphatic carbocycles. The number of hydrogen-bond donors (Lipinski definition) is 0. The highest BCUT2D eigenvalue weighted by Crippen LogP contribution is 2.60. The number of nitrogens with zero attached hydrogens (tertiary/aromatic N) is 3. The lowest BCUT2D eigenvalue weighted by atomic mass is 10.0. The largest absolute Gasteiger partial charge is 0.315 e. The van der Waals surface area contributed by atoms with Crippen LogP contribution in [0.5, 0.6) is 0 Å². The Hall–Kier alpha value is -1.97. The lowest BCUT2D eigenvalue weighted by Gasteiger charge is -2.04. The van der Waals surface area contributed by atoms with Crippen LogP contribution >= 0.6 is 11.8 Å². The molecule has 1 aliphatic heterocycles. The van der Waals surface area contributed by atoms with Crippen LogP contribution in [0, 0.1) is 30.3 Å². The first-order chi connectivity index (χ1) is 7.38. The molecule has 0 aromatic heterocycles. The number of hydrogen-bond acceptors (Lipinski definition) is 7. The van der Waals surface area contributed by atoms with Crippen molar-refractivity contribution in [2.75, 3.05) is 0 Å². The molecule has 1 saturated heterocycles. The minimum absolute atomic E-state index is 0.490. The van der Waals surface area contributed by atoms with Gasteiger partial charge in [-0.05, 0) is 11.8 Å². The fourth-order valence-electron chi connectivity index (χ4n) is 1.46. The fourth-order valence-corrected chi connectivity index (χ4v) is 2.60. The van der Waals surface area contributed by atoms with Gasteiger partial charge in [0.15, 0.2) is 5.25 Å². The summed E-state index contributed by atoms with van der Waals surface area (Å²) in [6, 6.07) is 0. The van der Waals surface area contributed by atoms with Crippen LogP contribution in [0.1, 0.15) is 0 Å². The van der Waals surface area contributed by atoms with Gasteiger partial charge >= 0.3 is 4.87 Å². The Kier molecular flexibility index (Phi) is 1.98. The highest BCUT2D eigenvalue weighted by atomic mass is 32.2. The van der Waals surface area contributed by atoms with E-state index in [2.05, 4.69) is 0 Å². The van der Waals surface area contributed by atoms with Gasteiger partial charge in [0.1, 0.15) is 0 Å². The maximum absolute atomic E-state index is 10.7. The molecule has 10 heteroatoms. The molecule has 0 amide bonds. The van der Waals surface area contributed by atoms with Crippen molar-refractivity contribution in [3.63, 3.8) is 0 Å². The van der Waals surface area contributed by atoms with Crippen molar-refractivity contribution in [1.29, 1.82) is 0 Å². The van der Waals surface area contributed by atoms with E-state index >= 15 is 0 Å². The lowest BCUT2D eigenvalue weighted by Crippen LogP contribution is -2.29. The predicted molar refractivity (Wildman–Crippen MR) is 51.3 cm³/mol. The number of nitro groups is 3. The van der Waals surface area contributed by atoms with Crippen LogP contribution in [0.15, 0.2) is 23.5 Å². The maximum atomic E-state index is 10.7. The van der Waals surface area contributed by atoms with Crippen LogP contribution in [-0.2, 0) is 0 Å². The molecule has 0 radical (unpaired) electrons. The van der Waals surface area contributed by atoms with Gasteiger partial charge in [0.05, 0.1) is 22.0 Å². The lowest BCUT2D eigenvalue weighted by molar-refractivity contribution is -0.521. The van der Waals surface area contributed by atoms with Gasteiger partial charge < -0.3 is 0 Å². The van der Waals surface area contributed by atoms with E-state index in [1.165, 1.54) is 0 Å². The van der Waals surface area contributed by atoms with Crippen molar-refractivity contribution in [2.24, 2.45) is 0 Å². The third-order valence-corrected chi connectivity index (χ3v) is 3.71. The SMILES string of the molecule is O=[N+]([O-])C1=CC2([N+](=O)[O-])SC2C([N+](=O)[O-])=C1. The first kappa shape index (κ1) is 10.5. The third kappa shape index (κ3) is 1.26. The number of rotatable bonds is 3. The minimum atomic E-state index is -1.72. The predicted octanol–water partition coefficient (Wildman–Crippen LogP) is 0.410. The van der Waals surface area contributed by atoms with E-state index in [-0.39, 0.29) is 0 Å². The van der Waals surface area contributed by atoms with Gasteiger partial charge in [0.2, 0.25) is 0 Å². The number of allylic oxidation sites excluding steroid dienone is 1. The second-order valence-corrected chi connectivity index (χ2v) is 4.52. The molecule has 9 nitrogen and oxygen atoms in total. The Balaban J connectivity index is 2.48. The summed E-state index contributed by atoms with van der Waals surface area (Å²) < 4.78 is 0. The van der Waals surface area contributed by atoms with Crippen molar-refractivity contribution in [2.45, 2.75) is 10.1 Å². The van der Waals surface area contributed by atoms with Gasteiger partial charge in [-0.3, -0.25) is 30.3 Å². The minimum Gasteiger partial charge on any atom is -0.263 e. The maximum Gasteiger partial charge on any atom is 0.315 e. The van der Waals surface area contributed by atoms with Gasteiger partial charge in [0, 0.05) is 4.92 Å². The zero-order valence-corrected chi connectivity index (χ0v) is 8.25.